The van der Waals surface area contributed by atoms with Crippen LogP contribution in [-0.4, -0.2) is 7.11 Å². The Kier molecular flexibility index (Phi) is 5.11. The van der Waals surface area contributed by atoms with Crippen LogP contribution in [0, 0.1) is 5.82 Å². The highest BCUT2D eigenvalue weighted by molar-refractivity contribution is 9.10. The summed E-state index contributed by atoms with van der Waals surface area (Å²) in [5.74, 6) is 6.06. The number of nitrogens with one attached hydrogen (secondary N) is 1. The van der Waals surface area contributed by atoms with Crippen LogP contribution < -0.4 is 16.0 Å². The van der Waals surface area contributed by atoms with Crippen molar-refractivity contribution in [3.63, 3.8) is 0 Å². The number of halogens is 2. The molecule has 0 radical (unpaired) electrons. The highest BCUT2D eigenvalue weighted by Gasteiger charge is 2.15. The topological polar surface area (TPSA) is 47.3 Å². The Labute approximate surface area is 126 Å². The first-order chi connectivity index (χ1) is 9.63. The molecular weight excluding hydrogens is 323 g/mol. The molecule has 2 aromatic rings. The number of hydrogen-bond acceptors (Lipinski definition) is 3. The van der Waals surface area contributed by atoms with Gasteiger partial charge in [0.25, 0.3) is 0 Å². The number of hydrogen-bond donors (Lipinski definition) is 2. The lowest BCUT2D eigenvalue weighted by Crippen LogP contribution is -2.30. The molecule has 0 amide bonds. The summed E-state index contributed by atoms with van der Waals surface area (Å²) in [6, 6.07) is 12.3. The van der Waals surface area contributed by atoms with Crippen LogP contribution in [0.3, 0.4) is 0 Å². The Hall–Kier alpha value is -1.43. The van der Waals surface area contributed by atoms with Crippen LogP contribution in [0.2, 0.25) is 0 Å². The summed E-state index contributed by atoms with van der Waals surface area (Å²) in [6.45, 7) is 0. The second-order valence-corrected chi connectivity index (χ2v) is 5.36. The molecule has 0 fully saturated rings. The molecule has 3 nitrogen and oxygen atoms in total. The lowest BCUT2D eigenvalue weighted by molar-refractivity contribution is 0.413. The number of ether oxygens (including phenoxy) is 1. The van der Waals surface area contributed by atoms with E-state index >= 15 is 0 Å². The predicted molar refractivity (Wildman–Crippen MR) is 80.9 cm³/mol. The zero-order chi connectivity index (χ0) is 14.5. The van der Waals surface area contributed by atoms with Crippen molar-refractivity contribution >= 4 is 15.9 Å². The molecule has 0 saturated heterocycles. The minimum atomic E-state index is -0.296. The van der Waals surface area contributed by atoms with Crippen LogP contribution >= 0.6 is 15.9 Å². The lowest BCUT2D eigenvalue weighted by atomic mass is 9.99. The standard InChI is InChI=1S/C15H16BrFN2O/c1-20-12-4-2-3-10(7-12)8-15(19-18)13-6-5-11(16)9-14(13)17/h2-7,9,15,19H,8,18H2,1H3. The molecule has 2 aromatic carbocycles. The van der Waals surface area contributed by atoms with Crippen molar-refractivity contribution in [2.24, 2.45) is 5.84 Å². The van der Waals surface area contributed by atoms with Crippen LogP contribution in [0.25, 0.3) is 0 Å². The van der Waals surface area contributed by atoms with E-state index < -0.39 is 0 Å². The summed E-state index contributed by atoms with van der Waals surface area (Å²) in [5, 5.41) is 0. The quantitative estimate of drug-likeness (QED) is 0.649. The molecule has 0 heterocycles. The summed E-state index contributed by atoms with van der Waals surface area (Å²) in [6.07, 6.45) is 0.576. The van der Waals surface area contributed by atoms with E-state index in [9.17, 15) is 4.39 Å². The molecule has 3 N–H and O–H groups in total. The number of methoxy groups -OCH3 is 1. The van der Waals surface area contributed by atoms with Crippen molar-refractivity contribution in [3.8, 4) is 5.75 Å². The maximum atomic E-state index is 14.0. The van der Waals surface area contributed by atoms with Gasteiger partial charge in [-0.1, -0.05) is 34.1 Å². The highest BCUT2D eigenvalue weighted by atomic mass is 79.9. The molecule has 1 atom stereocenters. The summed E-state index contributed by atoms with van der Waals surface area (Å²) in [5.41, 5.74) is 4.23. The van der Waals surface area contributed by atoms with E-state index in [0.717, 1.165) is 11.3 Å². The van der Waals surface area contributed by atoms with Crippen LogP contribution in [0.1, 0.15) is 17.2 Å². The largest absolute Gasteiger partial charge is 0.497 e. The number of nitrogens with two attached hydrogens (primary N) is 1. The number of rotatable bonds is 5. The molecule has 0 aliphatic heterocycles. The van der Waals surface area contributed by atoms with Crippen LogP contribution in [0.5, 0.6) is 5.75 Å². The average molecular weight is 339 g/mol. The zero-order valence-electron chi connectivity index (χ0n) is 11.1. The first-order valence-electron chi connectivity index (χ1n) is 6.18. The molecule has 20 heavy (non-hydrogen) atoms. The zero-order valence-corrected chi connectivity index (χ0v) is 12.7. The van der Waals surface area contributed by atoms with Crippen molar-refractivity contribution in [2.45, 2.75) is 12.5 Å². The van der Waals surface area contributed by atoms with E-state index in [1.807, 2.05) is 24.3 Å². The van der Waals surface area contributed by atoms with Crippen molar-refractivity contribution in [1.82, 2.24) is 5.43 Å². The van der Waals surface area contributed by atoms with Gasteiger partial charge in [-0.2, -0.15) is 0 Å². The first-order valence-corrected chi connectivity index (χ1v) is 6.97. The molecule has 0 aromatic heterocycles. The summed E-state index contributed by atoms with van der Waals surface area (Å²) < 4.78 is 19.9. The second-order valence-electron chi connectivity index (χ2n) is 4.44. The molecule has 2 rings (SSSR count). The van der Waals surface area contributed by atoms with E-state index in [4.69, 9.17) is 10.6 Å². The monoisotopic (exact) mass is 338 g/mol. The van der Waals surface area contributed by atoms with E-state index in [0.29, 0.717) is 16.5 Å². The minimum Gasteiger partial charge on any atom is -0.497 e. The fourth-order valence-corrected chi connectivity index (χ4v) is 2.41. The van der Waals surface area contributed by atoms with Gasteiger partial charge in [0, 0.05) is 10.0 Å². The van der Waals surface area contributed by atoms with Gasteiger partial charge in [-0.3, -0.25) is 11.3 Å². The lowest BCUT2D eigenvalue weighted by Gasteiger charge is -2.17. The van der Waals surface area contributed by atoms with Gasteiger partial charge in [-0.15, -0.1) is 0 Å². The van der Waals surface area contributed by atoms with Crippen LogP contribution in [-0.2, 0) is 6.42 Å². The van der Waals surface area contributed by atoms with Crippen molar-refractivity contribution in [1.29, 1.82) is 0 Å². The second kappa shape index (κ2) is 6.83. The summed E-state index contributed by atoms with van der Waals surface area (Å²) in [7, 11) is 1.62. The summed E-state index contributed by atoms with van der Waals surface area (Å²) in [4.78, 5) is 0. The van der Waals surface area contributed by atoms with Gasteiger partial charge in [-0.05, 0) is 36.2 Å². The van der Waals surface area contributed by atoms with E-state index in [1.165, 1.54) is 6.07 Å². The van der Waals surface area contributed by atoms with E-state index in [2.05, 4.69) is 21.4 Å². The third kappa shape index (κ3) is 3.56. The van der Waals surface area contributed by atoms with Gasteiger partial charge in [0.15, 0.2) is 0 Å². The van der Waals surface area contributed by atoms with Crippen molar-refractivity contribution < 1.29 is 9.13 Å². The van der Waals surface area contributed by atoms with Gasteiger partial charge in [0.1, 0.15) is 11.6 Å². The molecule has 5 heteroatoms. The smallest absolute Gasteiger partial charge is 0.129 e. The third-order valence-electron chi connectivity index (χ3n) is 3.11. The van der Waals surface area contributed by atoms with Crippen LogP contribution in [0.4, 0.5) is 4.39 Å². The van der Waals surface area contributed by atoms with Crippen molar-refractivity contribution in [3.05, 3.63) is 63.9 Å². The fourth-order valence-electron chi connectivity index (χ4n) is 2.08. The average Bonchev–Trinajstić information content (AvgIpc) is 2.45. The predicted octanol–water partition coefficient (Wildman–Crippen LogP) is 3.34. The molecule has 0 aliphatic rings. The van der Waals surface area contributed by atoms with E-state index in [-0.39, 0.29) is 11.9 Å². The maximum Gasteiger partial charge on any atom is 0.129 e. The maximum absolute atomic E-state index is 14.0. The van der Waals surface area contributed by atoms with Gasteiger partial charge < -0.3 is 4.74 Å². The SMILES string of the molecule is COc1cccc(CC(NN)c2ccc(Br)cc2F)c1. The Balaban J connectivity index is 2.23. The Bertz CT molecular complexity index is 592. The van der Waals surface area contributed by atoms with Crippen molar-refractivity contribution in [2.75, 3.05) is 7.11 Å². The minimum absolute atomic E-state index is 0.287. The van der Waals surface area contributed by atoms with Crippen LogP contribution in [0.15, 0.2) is 46.9 Å². The Morgan fingerprint density at radius 1 is 1.30 bits per heavy atom. The molecule has 106 valence electrons. The third-order valence-corrected chi connectivity index (χ3v) is 3.61. The van der Waals surface area contributed by atoms with Gasteiger partial charge in [-0.25, -0.2) is 4.39 Å². The van der Waals surface area contributed by atoms with Gasteiger partial charge in [0.05, 0.1) is 13.2 Å². The molecule has 0 saturated carbocycles. The number of benzene rings is 2. The Morgan fingerprint density at radius 2 is 2.10 bits per heavy atom. The fraction of sp³-hybridized carbons (Fsp3) is 0.200. The van der Waals surface area contributed by atoms with Gasteiger partial charge in [0.2, 0.25) is 0 Å². The Morgan fingerprint density at radius 3 is 2.75 bits per heavy atom. The summed E-state index contributed by atoms with van der Waals surface area (Å²) >= 11 is 3.24. The first kappa shape index (κ1) is 15.0. The van der Waals surface area contributed by atoms with E-state index in [1.54, 1.807) is 19.2 Å². The molecule has 0 bridgehead atoms. The number of hydrazine groups is 1. The molecule has 1 unspecified atom stereocenters. The molecular formula is C15H16BrFN2O. The normalized spacial score (nSPS) is 12.2. The molecule has 0 aliphatic carbocycles. The highest BCUT2D eigenvalue weighted by Crippen LogP contribution is 2.24. The van der Waals surface area contributed by atoms with Gasteiger partial charge >= 0.3 is 0 Å². The molecule has 0 spiro atoms.